The molecule has 5 aromatic rings. The van der Waals surface area contributed by atoms with Gasteiger partial charge in [0.1, 0.15) is 7.05 Å². The van der Waals surface area contributed by atoms with Gasteiger partial charge in [0.2, 0.25) is 5.69 Å². The predicted molar refractivity (Wildman–Crippen MR) is 122 cm³/mol. The lowest BCUT2D eigenvalue weighted by Crippen LogP contribution is -2.32. The zero-order chi connectivity index (χ0) is 19.2. The Bertz CT molecular complexity index is 1470. The monoisotopic (exact) mass is 398 g/mol. The average molecular weight is 399 g/mol. The van der Waals surface area contributed by atoms with Gasteiger partial charge in [-0.05, 0) is 55.0 Å². The van der Waals surface area contributed by atoms with Crippen molar-refractivity contribution >= 4 is 54.0 Å². The summed E-state index contributed by atoms with van der Waals surface area (Å²) in [6, 6.07) is 15.8. The van der Waals surface area contributed by atoms with E-state index in [1.807, 2.05) is 23.1 Å². The van der Waals surface area contributed by atoms with Gasteiger partial charge in [0, 0.05) is 31.3 Å². The molecule has 3 aromatic carbocycles. The summed E-state index contributed by atoms with van der Waals surface area (Å²) in [4.78, 5) is 2.85. The van der Waals surface area contributed by atoms with E-state index in [-0.39, 0.29) is 0 Å². The van der Waals surface area contributed by atoms with Gasteiger partial charge in [-0.1, -0.05) is 36.0 Å². The molecular weight excluding hydrogens is 378 g/mol. The van der Waals surface area contributed by atoms with Crippen molar-refractivity contribution in [1.82, 2.24) is 0 Å². The van der Waals surface area contributed by atoms with Crippen LogP contribution in [0.15, 0.2) is 58.5 Å². The van der Waals surface area contributed by atoms with Gasteiger partial charge in [-0.3, -0.25) is 0 Å². The number of rotatable bonds is 0. The molecule has 0 atom stereocenters. The predicted octanol–water partition coefficient (Wildman–Crippen LogP) is 7.09. The van der Waals surface area contributed by atoms with Crippen LogP contribution in [0, 0.1) is 20.8 Å². The van der Waals surface area contributed by atoms with E-state index < -0.39 is 0 Å². The lowest BCUT2D eigenvalue weighted by molar-refractivity contribution is -0.659. The number of pyridine rings is 1. The first-order chi connectivity index (χ1) is 13.5. The van der Waals surface area contributed by atoms with Crippen LogP contribution in [0.2, 0.25) is 0 Å². The number of benzene rings is 3. The highest BCUT2D eigenvalue weighted by atomic mass is 32.2. The summed E-state index contributed by atoms with van der Waals surface area (Å²) in [6.07, 6.45) is 2.22. The number of aryl methyl sites for hydroxylation is 3. The second-order valence-corrected chi connectivity index (χ2v) is 9.93. The van der Waals surface area contributed by atoms with Gasteiger partial charge in [-0.2, -0.15) is 0 Å². The smallest absolute Gasteiger partial charge is 0.200 e. The third-order valence-electron chi connectivity index (χ3n) is 6.15. The minimum absolute atomic E-state index is 1.34. The average Bonchev–Trinajstić information content (AvgIpc) is 3.07. The fourth-order valence-corrected chi connectivity index (χ4v) is 7.32. The second kappa shape index (κ2) is 5.59. The molecule has 1 aliphatic heterocycles. The molecule has 0 saturated heterocycles. The Morgan fingerprint density at radius 3 is 2.54 bits per heavy atom. The van der Waals surface area contributed by atoms with Gasteiger partial charge in [0.15, 0.2) is 6.20 Å². The Hall–Kier alpha value is -2.36. The van der Waals surface area contributed by atoms with E-state index in [0.29, 0.717) is 0 Å². The molecule has 2 aromatic heterocycles. The molecule has 0 fully saturated rings. The Kier molecular flexibility index (Phi) is 3.31. The van der Waals surface area contributed by atoms with Crippen LogP contribution in [0.5, 0.6) is 0 Å². The normalized spacial score (nSPS) is 12.9. The molecule has 0 spiro atoms. The number of nitrogens with zero attached hydrogens (tertiary/aromatic N) is 1. The van der Waals surface area contributed by atoms with Gasteiger partial charge in [-0.15, -0.1) is 11.3 Å². The fourth-order valence-electron chi connectivity index (χ4n) is 4.65. The molecule has 0 radical (unpaired) electrons. The first-order valence-electron chi connectivity index (χ1n) is 9.60. The lowest BCUT2D eigenvalue weighted by atomic mass is 9.93. The minimum atomic E-state index is 1.34. The number of fused-ring (bicyclic) bond motifs is 6. The van der Waals surface area contributed by atoms with Crippen molar-refractivity contribution in [1.29, 1.82) is 0 Å². The SMILES string of the molecule is Cc1cc(C)c2c(c1C)-c1c3c(c4sc5ccccc5c4cc3cc[n+]1C)S2. The summed E-state index contributed by atoms with van der Waals surface area (Å²) in [6.45, 7) is 6.77. The number of thiophene rings is 1. The van der Waals surface area contributed by atoms with Gasteiger partial charge in [-0.25, -0.2) is 4.57 Å². The Morgan fingerprint density at radius 1 is 0.857 bits per heavy atom. The van der Waals surface area contributed by atoms with Gasteiger partial charge >= 0.3 is 0 Å². The summed E-state index contributed by atoms with van der Waals surface area (Å²) in [5.41, 5.74) is 6.94. The number of hydrogen-bond acceptors (Lipinski definition) is 2. The molecule has 28 heavy (non-hydrogen) atoms. The lowest BCUT2D eigenvalue weighted by Gasteiger charge is -2.23. The minimum Gasteiger partial charge on any atom is -0.200 e. The summed E-state index contributed by atoms with van der Waals surface area (Å²) < 4.78 is 5.11. The quantitative estimate of drug-likeness (QED) is 0.247. The molecule has 3 heteroatoms. The summed E-state index contributed by atoms with van der Waals surface area (Å²) in [5.74, 6) is 0. The number of aromatic nitrogens is 1. The molecule has 0 aliphatic carbocycles. The standard InChI is InChI=1S/C25H20NS2/c1-13-11-14(2)23-20(15(13)3)22-21-16(9-10-26(22)4)12-18-17-7-5-6-8-19(17)27-24(18)25(21)28-23/h5-12H,1-4H3/q+1. The molecule has 1 aliphatic rings. The van der Waals surface area contributed by atoms with Crippen LogP contribution in [0.4, 0.5) is 0 Å². The van der Waals surface area contributed by atoms with Crippen LogP contribution in [0.1, 0.15) is 16.7 Å². The maximum absolute atomic E-state index is 2.40. The maximum Gasteiger partial charge on any atom is 0.222 e. The van der Waals surface area contributed by atoms with Crippen molar-refractivity contribution < 1.29 is 4.57 Å². The van der Waals surface area contributed by atoms with Crippen LogP contribution >= 0.6 is 23.1 Å². The van der Waals surface area contributed by atoms with E-state index in [1.165, 1.54) is 68.7 Å². The molecule has 1 nitrogen and oxygen atoms in total. The third kappa shape index (κ3) is 2.01. The highest BCUT2D eigenvalue weighted by Gasteiger charge is 2.31. The van der Waals surface area contributed by atoms with E-state index in [2.05, 4.69) is 81.0 Å². The molecule has 0 N–H and O–H groups in total. The molecule has 136 valence electrons. The van der Waals surface area contributed by atoms with Crippen LogP contribution < -0.4 is 4.57 Å². The molecular formula is C25H20NS2+. The van der Waals surface area contributed by atoms with Gasteiger partial charge < -0.3 is 0 Å². The zero-order valence-electron chi connectivity index (χ0n) is 16.4. The summed E-state index contributed by atoms with van der Waals surface area (Å²) >= 11 is 3.91. The van der Waals surface area contributed by atoms with Crippen molar-refractivity contribution in [2.75, 3.05) is 0 Å². The first-order valence-corrected chi connectivity index (χ1v) is 11.2. The van der Waals surface area contributed by atoms with E-state index in [4.69, 9.17) is 0 Å². The maximum atomic E-state index is 2.40. The van der Waals surface area contributed by atoms with Crippen LogP contribution in [0.25, 0.3) is 42.2 Å². The zero-order valence-corrected chi connectivity index (χ0v) is 18.0. The largest absolute Gasteiger partial charge is 0.222 e. The van der Waals surface area contributed by atoms with E-state index in [1.54, 1.807) is 0 Å². The second-order valence-electron chi connectivity index (χ2n) is 7.86. The van der Waals surface area contributed by atoms with Crippen molar-refractivity contribution in [2.24, 2.45) is 7.05 Å². The van der Waals surface area contributed by atoms with E-state index >= 15 is 0 Å². The summed E-state index contributed by atoms with van der Waals surface area (Å²) in [7, 11) is 2.19. The first kappa shape index (κ1) is 16.6. The van der Waals surface area contributed by atoms with Gasteiger partial charge in [0.05, 0.1) is 15.6 Å². The van der Waals surface area contributed by atoms with Crippen LogP contribution in [0.3, 0.4) is 0 Å². The molecule has 0 amide bonds. The van der Waals surface area contributed by atoms with Gasteiger partial charge in [0.25, 0.3) is 0 Å². The van der Waals surface area contributed by atoms with E-state index in [9.17, 15) is 0 Å². The highest BCUT2D eigenvalue weighted by molar-refractivity contribution is 8.00. The van der Waals surface area contributed by atoms with Crippen molar-refractivity contribution in [3.05, 3.63) is 65.4 Å². The highest BCUT2D eigenvalue weighted by Crippen LogP contribution is 2.54. The molecule has 6 rings (SSSR count). The van der Waals surface area contributed by atoms with Crippen LogP contribution in [-0.2, 0) is 7.05 Å². The fraction of sp³-hybridized carbons (Fsp3) is 0.160. The Balaban J connectivity index is 1.89. The topological polar surface area (TPSA) is 3.88 Å². The number of hydrogen-bond donors (Lipinski definition) is 0. The Morgan fingerprint density at radius 2 is 1.68 bits per heavy atom. The molecule has 3 heterocycles. The van der Waals surface area contributed by atoms with E-state index in [0.717, 1.165) is 0 Å². The van der Waals surface area contributed by atoms with Crippen molar-refractivity contribution in [3.63, 3.8) is 0 Å². The Labute approximate surface area is 172 Å². The summed E-state index contributed by atoms with van der Waals surface area (Å²) in [5, 5.41) is 5.52. The molecule has 0 saturated carbocycles. The van der Waals surface area contributed by atoms with Crippen molar-refractivity contribution in [3.8, 4) is 11.3 Å². The third-order valence-corrected chi connectivity index (χ3v) is 8.82. The molecule has 0 bridgehead atoms. The van der Waals surface area contributed by atoms with Crippen molar-refractivity contribution in [2.45, 2.75) is 30.6 Å². The van der Waals surface area contributed by atoms with Crippen LogP contribution in [-0.4, -0.2) is 0 Å². The molecule has 0 unspecified atom stereocenters.